The molecule has 0 aromatic heterocycles. The number of sulfone groups is 1. The summed E-state index contributed by atoms with van der Waals surface area (Å²) in [6, 6.07) is 13.4. The van der Waals surface area contributed by atoms with Crippen LogP contribution < -0.4 is 0 Å². The van der Waals surface area contributed by atoms with E-state index in [9.17, 15) is 21.6 Å². The fourth-order valence-corrected chi connectivity index (χ4v) is 6.89. The van der Waals surface area contributed by atoms with Crippen molar-refractivity contribution in [2.45, 2.75) is 35.5 Å². The molecule has 31 heavy (non-hydrogen) atoms. The van der Waals surface area contributed by atoms with Gasteiger partial charge < -0.3 is 4.90 Å². The second-order valence-electron chi connectivity index (χ2n) is 7.95. The van der Waals surface area contributed by atoms with Gasteiger partial charge >= 0.3 is 0 Å². The second kappa shape index (κ2) is 8.72. The first-order valence-electron chi connectivity index (χ1n) is 10.4. The van der Waals surface area contributed by atoms with Gasteiger partial charge in [-0.15, -0.1) is 0 Å². The van der Waals surface area contributed by atoms with Crippen molar-refractivity contribution in [2.75, 3.05) is 31.9 Å². The van der Waals surface area contributed by atoms with Crippen molar-refractivity contribution in [3.63, 3.8) is 0 Å². The van der Waals surface area contributed by atoms with Gasteiger partial charge in [-0.2, -0.15) is 4.31 Å². The third-order valence-corrected chi connectivity index (χ3v) is 9.61. The molecule has 9 heteroatoms. The van der Waals surface area contributed by atoms with E-state index in [2.05, 4.69) is 0 Å². The number of nitrogens with zero attached hydrogens (tertiary/aromatic N) is 2. The molecule has 166 valence electrons. The summed E-state index contributed by atoms with van der Waals surface area (Å²) in [7, 11) is -7.13. The van der Waals surface area contributed by atoms with Gasteiger partial charge in [-0.25, -0.2) is 16.8 Å². The summed E-state index contributed by atoms with van der Waals surface area (Å²) in [5.41, 5.74) is 2.33. The number of hydrogen-bond donors (Lipinski definition) is 0. The molecule has 7 nitrogen and oxygen atoms in total. The number of amides is 1. The Morgan fingerprint density at radius 1 is 0.806 bits per heavy atom. The van der Waals surface area contributed by atoms with Gasteiger partial charge in [-0.1, -0.05) is 24.3 Å². The van der Waals surface area contributed by atoms with E-state index in [1.165, 1.54) is 22.0 Å². The molecule has 1 heterocycles. The molecule has 0 N–H and O–H groups in total. The lowest BCUT2D eigenvalue weighted by Crippen LogP contribution is -2.50. The number of carbonyl (C=O) groups excluding carboxylic acids is 1. The lowest BCUT2D eigenvalue weighted by atomic mass is 10.1. The predicted octanol–water partition coefficient (Wildman–Crippen LogP) is 1.87. The molecule has 1 aliphatic heterocycles. The highest BCUT2D eigenvalue weighted by Crippen LogP contribution is 2.26. The molecule has 0 radical (unpaired) electrons. The second-order valence-corrected chi connectivity index (χ2v) is 12.0. The maximum Gasteiger partial charge on any atom is 0.243 e. The minimum absolute atomic E-state index is 0.116. The number of aryl methyl sites for hydroxylation is 2. The van der Waals surface area contributed by atoms with Crippen LogP contribution in [0.1, 0.15) is 24.0 Å². The zero-order valence-corrected chi connectivity index (χ0v) is 18.9. The Morgan fingerprint density at radius 2 is 1.48 bits per heavy atom. The first kappa shape index (κ1) is 22.0. The quantitative estimate of drug-likeness (QED) is 0.654. The van der Waals surface area contributed by atoms with E-state index in [0.717, 1.165) is 24.8 Å². The minimum atomic E-state index is -3.60. The van der Waals surface area contributed by atoms with Crippen LogP contribution in [0, 0.1) is 0 Å². The Labute approximate surface area is 183 Å². The average Bonchev–Trinajstić information content (AvgIpc) is 3.26. The number of hydrogen-bond acceptors (Lipinski definition) is 5. The molecule has 1 amide bonds. The molecular weight excluding hydrogens is 436 g/mol. The van der Waals surface area contributed by atoms with E-state index in [1.54, 1.807) is 35.2 Å². The Balaban J connectivity index is 1.34. The smallest absolute Gasteiger partial charge is 0.243 e. The summed E-state index contributed by atoms with van der Waals surface area (Å²) in [5, 5.41) is 0. The van der Waals surface area contributed by atoms with Gasteiger partial charge in [0.25, 0.3) is 0 Å². The molecule has 0 unspecified atom stereocenters. The molecular formula is C22H26N2O5S2. The van der Waals surface area contributed by atoms with E-state index < -0.39 is 19.9 Å². The normalized spacial score (nSPS) is 17.5. The van der Waals surface area contributed by atoms with Crippen LogP contribution in [0.4, 0.5) is 0 Å². The highest BCUT2D eigenvalue weighted by molar-refractivity contribution is 7.91. The van der Waals surface area contributed by atoms with Gasteiger partial charge in [0.1, 0.15) is 0 Å². The number of piperazine rings is 1. The molecule has 2 aliphatic rings. The largest absolute Gasteiger partial charge is 0.340 e. The SMILES string of the molecule is O=C(CCS(=O)(=O)c1ccccc1)N1CCN(S(=O)(=O)c2ccc3c(c2)CCC3)CC1. The summed E-state index contributed by atoms with van der Waals surface area (Å²) in [6.45, 7) is 0.927. The Hall–Kier alpha value is -2.23. The summed E-state index contributed by atoms with van der Waals surface area (Å²) >= 11 is 0. The van der Waals surface area contributed by atoms with Crippen molar-refractivity contribution in [3.05, 3.63) is 59.7 Å². The van der Waals surface area contributed by atoms with Gasteiger partial charge in [0.2, 0.25) is 15.9 Å². The zero-order chi connectivity index (χ0) is 22.1. The molecule has 1 fully saturated rings. The van der Waals surface area contributed by atoms with Gasteiger partial charge in [0, 0.05) is 32.6 Å². The predicted molar refractivity (Wildman–Crippen MR) is 117 cm³/mol. The van der Waals surface area contributed by atoms with Crippen molar-refractivity contribution in [1.29, 1.82) is 0 Å². The molecule has 0 bridgehead atoms. The van der Waals surface area contributed by atoms with Crippen LogP contribution >= 0.6 is 0 Å². The van der Waals surface area contributed by atoms with Crippen LogP contribution in [0.2, 0.25) is 0 Å². The molecule has 0 atom stereocenters. The lowest BCUT2D eigenvalue weighted by Gasteiger charge is -2.34. The third-order valence-electron chi connectivity index (χ3n) is 5.99. The first-order chi connectivity index (χ1) is 14.8. The average molecular weight is 463 g/mol. The summed E-state index contributed by atoms with van der Waals surface area (Å²) < 4.78 is 52.2. The Kier molecular flexibility index (Phi) is 6.18. The molecule has 4 rings (SSSR count). The van der Waals surface area contributed by atoms with E-state index >= 15 is 0 Å². The summed E-state index contributed by atoms with van der Waals surface area (Å²) in [6.07, 6.45) is 2.84. The van der Waals surface area contributed by atoms with E-state index in [0.29, 0.717) is 4.90 Å². The topological polar surface area (TPSA) is 91.8 Å². The van der Waals surface area contributed by atoms with Gasteiger partial charge in [-0.05, 0) is 54.7 Å². The van der Waals surface area contributed by atoms with Crippen LogP contribution in [-0.4, -0.2) is 63.9 Å². The van der Waals surface area contributed by atoms with Crippen LogP contribution in [0.15, 0.2) is 58.3 Å². The van der Waals surface area contributed by atoms with Crippen molar-refractivity contribution in [3.8, 4) is 0 Å². The molecule has 2 aromatic rings. The van der Waals surface area contributed by atoms with Gasteiger partial charge in [0.15, 0.2) is 9.84 Å². The van der Waals surface area contributed by atoms with Crippen LogP contribution in [0.25, 0.3) is 0 Å². The van der Waals surface area contributed by atoms with Gasteiger partial charge in [-0.3, -0.25) is 4.79 Å². The van der Waals surface area contributed by atoms with Crippen molar-refractivity contribution < 1.29 is 21.6 Å². The van der Waals surface area contributed by atoms with Crippen LogP contribution in [-0.2, 0) is 37.5 Å². The molecule has 2 aromatic carbocycles. The molecule has 0 saturated carbocycles. The maximum absolute atomic E-state index is 13.0. The number of sulfonamides is 1. The maximum atomic E-state index is 13.0. The van der Waals surface area contributed by atoms with Crippen molar-refractivity contribution in [1.82, 2.24) is 9.21 Å². The molecule has 1 aliphatic carbocycles. The standard InChI is InChI=1S/C22H26N2O5S2/c25-22(11-16-30(26,27)20-7-2-1-3-8-20)23-12-14-24(15-13-23)31(28,29)21-10-9-18-5-4-6-19(18)17-21/h1-3,7-10,17H,4-6,11-16H2. The minimum Gasteiger partial charge on any atom is -0.340 e. The molecule has 1 saturated heterocycles. The highest BCUT2D eigenvalue weighted by atomic mass is 32.2. The molecule has 0 spiro atoms. The van der Waals surface area contributed by atoms with E-state index in [4.69, 9.17) is 0 Å². The van der Waals surface area contributed by atoms with E-state index in [1.807, 2.05) is 6.07 Å². The number of rotatable bonds is 6. The third kappa shape index (κ3) is 4.68. The lowest BCUT2D eigenvalue weighted by molar-refractivity contribution is -0.131. The highest BCUT2D eigenvalue weighted by Gasteiger charge is 2.31. The van der Waals surface area contributed by atoms with Crippen molar-refractivity contribution in [2.24, 2.45) is 0 Å². The fraction of sp³-hybridized carbons (Fsp3) is 0.409. The van der Waals surface area contributed by atoms with Crippen LogP contribution in [0.5, 0.6) is 0 Å². The fourth-order valence-electron chi connectivity index (χ4n) is 4.16. The monoisotopic (exact) mass is 462 g/mol. The Bertz CT molecular complexity index is 1170. The first-order valence-corrected chi connectivity index (χ1v) is 13.5. The summed E-state index contributed by atoms with van der Waals surface area (Å²) in [5.74, 6) is -0.530. The Morgan fingerprint density at radius 3 is 2.19 bits per heavy atom. The number of fused-ring (bicyclic) bond motifs is 1. The zero-order valence-electron chi connectivity index (χ0n) is 17.2. The number of benzene rings is 2. The van der Waals surface area contributed by atoms with Gasteiger partial charge in [0.05, 0.1) is 15.5 Å². The van der Waals surface area contributed by atoms with Crippen molar-refractivity contribution >= 4 is 25.8 Å². The summed E-state index contributed by atoms with van der Waals surface area (Å²) in [4.78, 5) is 14.6. The van der Waals surface area contributed by atoms with Crippen LogP contribution in [0.3, 0.4) is 0 Å². The number of carbonyl (C=O) groups is 1. The van der Waals surface area contributed by atoms with E-state index in [-0.39, 0.29) is 49.2 Å².